The molecule has 1 N–H and O–H groups in total. The predicted molar refractivity (Wildman–Crippen MR) is 79.2 cm³/mol. The van der Waals surface area contributed by atoms with Gasteiger partial charge in [0.25, 0.3) is 5.91 Å². The zero-order chi connectivity index (χ0) is 14.4. The summed E-state index contributed by atoms with van der Waals surface area (Å²) in [5.74, 6) is 0.368. The van der Waals surface area contributed by atoms with Crippen LogP contribution in [0.4, 0.5) is 0 Å². The van der Waals surface area contributed by atoms with E-state index in [1.807, 2.05) is 31.2 Å². The van der Waals surface area contributed by atoms with Crippen LogP contribution in [0.25, 0.3) is 0 Å². The molecule has 2 aromatic carbocycles. The van der Waals surface area contributed by atoms with Gasteiger partial charge in [-0.2, -0.15) is 5.10 Å². The first-order valence-corrected chi connectivity index (χ1v) is 6.23. The van der Waals surface area contributed by atoms with Crippen LogP contribution in [0.2, 0.25) is 0 Å². The lowest BCUT2D eigenvalue weighted by Gasteiger charge is -2.02. The van der Waals surface area contributed by atoms with Crippen LogP contribution in [0, 0.1) is 6.92 Å². The van der Waals surface area contributed by atoms with Gasteiger partial charge in [-0.1, -0.05) is 35.9 Å². The van der Waals surface area contributed by atoms with Crippen LogP contribution < -0.4 is 10.2 Å². The normalized spacial score (nSPS) is 10.5. The lowest BCUT2D eigenvalue weighted by Crippen LogP contribution is -2.17. The molecule has 0 fully saturated rings. The van der Waals surface area contributed by atoms with E-state index in [2.05, 4.69) is 10.5 Å². The fourth-order valence-corrected chi connectivity index (χ4v) is 1.65. The van der Waals surface area contributed by atoms with Crippen LogP contribution in [-0.2, 0) is 0 Å². The van der Waals surface area contributed by atoms with Gasteiger partial charge in [0, 0.05) is 5.56 Å². The first kappa shape index (κ1) is 13.8. The molecule has 0 spiro atoms. The van der Waals surface area contributed by atoms with E-state index < -0.39 is 0 Å². The SMILES string of the molecule is COc1cccc(C(=O)N/N=C\c2ccc(C)cc2)c1. The van der Waals surface area contributed by atoms with Crippen molar-refractivity contribution in [3.8, 4) is 5.75 Å². The van der Waals surface area contributed by atoms with E-state index in [0.717, 1.165) is 5.56 Å². The van der Waals surface area contributed by atoms with Crippen molar-refractivity contribution in [1.82, 2.24) is 5.43 Å². The highest BCUT2D eigenvalue weighted by molar-refractivity contribution is 5.95. The topological polar surface area (TPSA) is 50.7 Å². The summed E-state index contributed by atoms with van der Waals surface area (Å²) in [7, 11) is 1.56. The Hall–Kier alpha value is -2.62. The Balaban J connectivity index is 1.99. The molecule has 0 saturated carbocycles. The molecule has 0 atom stereocenters. The number of hydrazone groups is 1. The summed E-state index contributed by atoms with van der Waals surface area (Å²) >= 11 is 0. The number of nitrogens with one attached hydrogen (secondary N) is 1. The Morgan fingerprint density at radius 2 is 1.95 bits per heavy atom. The largest absolute Gasteiger partial charge is 0.497 e. The number of benzene rings is 2. The molecule has 4 nitrogen and oxygen atoms in total. The minimum Gasteiger partial charge on any atom is -0.497 e. The molecule has 0 heterocycles. The number of amides is 1. The summed E-state index contributed by atoms with van der Waals surface area (Å²) in [6.07, 6.45) is 1.61. The van der Waals surface area contributed by atoms with Gasteiger partial charge < -0.3 is 4.74 Å². The van der Waals surface area contributed by atoms with Gasteiger partial charge in [-0.15, -0.1) is 0 Å². The summed E-state index contributed by atoms with van der Waals surface area (Å²) in [5.41, 5.74) is 5.11. The highest BCUT2D eigenvalue weighted by atomic mass is 16.5. The summed E-state index contributed by atoms with van der Waals surface area (Å²) < 4.78 is 5.07. The van der Waals surface area contributed by atoms with Crippen molar-refractivity contribution >= 4 is 12.1 Å². The van der Waals surface area contributed by atoms with Crippen LogP contribution in [-0.4, -0.2) is 19.2 Å². The summed E-state index contributed by atoms with van der Waals surface area (Å²) in [5, 5.41) is 3.94. The Morgan fingerprint density at radius 1 is 1.20 bits per heavy atom. The Bertz CT molecular complexity index is 619. The molecule has 0 bridgehead atoms. The van der Waals surface area contributed by atoms with E-state index in [9.17, 15) is 4.79 Å². The van der Waals surface area contributed by atoms with E-state index in [0.29, 0.717) is 11.3 Å². The van der Waals surface area contributed by atoms with Crippen LogP contribution in [0.3, 0.4) is 0 Å². The fourth-order valence-electron chi connectivity index (χ4n) is 1.65. The van der Waals surface area contributed by atoms with Gasteiger partial charge in [0.2, 0.25) is 0 Å². The minimum atomic E-state index is -0.271. The third kappa shape index (κ3) is 3.68. The Morgan fingerprint density at radius 3 is 2.65 bits per heavy atom. The van der Waals surface area contributed by atoms with Gasteiger partial charge in [0.05, 0.1) is 13.3 Å². The molecule has 2 aromatic rings. The lowest BCUT2D eigenvalue weighted by molar-refractivity contribution is 0.0955. The van der Waals surface area contributed by atoms with Crippen LogP contribution in [0.15, 0.2) is 53.6 Å². The third-order valence-corrected chi connectivity index (χ3v) is 2.79. The van der Waals surface area contributed by atoms with Crippen molar-refractivity contribution in [2.75, 3.05) is 7.11 Å². The van der Waals surface area contributed by atoms with Crippen molar-refractivity contribution in [3.05, 3.63) is 65.2 Å². The number of hydrogen-bond acceptors (Lipinski definition) is 3. The van der Waals surface area contributed by atoms with Crippen LogP contribution >= 0.6 is 0 Å². The second kappa shape index (κ2) is 6.52. The highest BCUT2D eigenvalue weighted by Crippen LogP contribution is 2.12. The van der Waals surface area contributed by atoms with Gasteiger partial charge in [0.1, 0.15) is 5.75 Å². The highest BCUT2D eigenvalue weighted by Gasteiger charge is 2.04. The number of nitrogens with zero attached hydrogens (tertiary/aromatic N) is 1. The smallest absolute Gasteiger partial charge is 0.271 e. The zero-order valence-corrected chi connectivity index (χ0v) is 11.5. The predicted octanol–water partition coefficient (Wildman–Crippen LogP) is 2.77. The number of hydrogen-bond donors (Lipinski definition) is 1. The second-order valence-corrected chi connectivity index (χ2v) is 4.34. The second-order valence-electron chi connectivity index (χ2n) is 4.34. The van der Waals surface area contributed by atoms with E-state index in [1.165, 1.54) is 5.56 Å². The average Bonchev–Trinajstić information content (AvgIpc) is 2.49. The molecule has 0 aliphatic heterocycles. The molecule has 0 unspecified atom stereocenters. The van der Waals surface area contributed by atoms with Gasteiger partial charge in [-0.25, -0.2) is 5.43 Å². The van der Waals surface area contributed by atoms with Crippen molar-refractivity contribution in [1.29, 1.82) is 0 Å². The Labute approximate surface area is 118 Å². The molecular formula is C16H16N2O2. The van der Waals surface area contributed by atoms with E-state index in [1.54, 1.807) is 37.6 Å². The first-order valence-electron chi connectivity index (χ1n) is 6.23. The summed E-state index contributed by atoms with van der Waals surface area (Å²) in [4.78, 5) is 11.9. The van der Waals surface area contributed by atoms with Crippen LogP contribution in [0.1, 0.15) is 21.5 Å². The monoisotopic (exact) mass is 268 g/mol. The number of rotatable bonds is 4. The maximum atomic E-state index is 11.9. The number of ether oxygens (including phenoxy) is 1. The number of methoxy groups -OCH3 is 1. The minimum absolute atomic E-state index is 0.271. The first-order chi connectivity index (χ1) is 9.69. The van der Waals surface area contributed by atoms with Crippen molar-refractivity contribution < 1.29 is 9.53 Å². The number of aryl methyl sites for hydroxylation is 1. The van der Waals surface area contributed by atoms with E-state index >= 15 is 0 Å². The standard InChI is InChI=1S/C16H16N2O2/c1-12-6-8-13(9-7-12)11-17-18-16(19)14-4-3-5-15(10-14)20-2/h3-11H,1-2H3,(H,18,19)/b17-11-. The molecular weight excluding hydrogens is 252 g/mol. The molecule has 0 aromatic heterocycles. The summed E-state index contributed by atoms with van der Waals surface area (Å²) in [6, 6.07) is 14.8. The number of carbonyl (C=O) groups is 1. The lowest BCUT2D eigenvalue weighted by atomic mass is 10.2. The molecule has 0 saturated heterocycles. The summed E-state index contributed by atoms with van der Waals surface area (Å²) in [6.45, 7) is 2.02. The van der Waals surface area contributed by atoms with Gasteiger partial charge in [0.15, 0.2) is 0 Å². The Kier molecular flexibility index (Phi) is 4.50. The average molecular weight is 268 g/mol. The molecule has 0 radical (unpaired) electrons. The fraction of sp³-hybridized carbons (Fsp3) is 0.125. The van der Waals surface area contributed by atoms with Gasteiger partial charge in [-0.05, 0) is 30.7 Å². The van der Waals surface area contributed by atoms with Crippen molar-refractivity contribution in [2.24, 2.45) is 5.10 Å². The maximum absolute atomic E-state index is 11.9. The number of carbonyl (C=O) groups excluding carboxylic acids is 1. The molecule has 2 rings (SSSR count). The molecule has 102 valence electrons. The molecule has 0 aliphatic rings. The van der Waals surface area contributed by atoms with Gasteiger partial charge >= 0.3 is 0 Å². The molecule has 4 heteroatoms. The van der Waals surface area contributed by atoms with E-state index in [4.69, 9.17) is 4.74 Å². The van der Waals surface area contributed by atoms with Crippen LogP contribution in [0.5, 0.6) is 5.75 Å². The maximum Gasteiger partial charge on any atom is 0.271 e. The van der Waals surface area contributed by atoms with Crippen molar-refractivity contribution in [3.63, 3.8) is 0 Å². The van der Waals surface area contributed by atoms with Gasteiger partial charge in [-0.3, -0.25) is 4.79 Å². The third-order valence-electron chi connectivity index (χ3n) is 2.79. The molecule has 1 amide bonds. The molecule has 0 aliphatic carbocycles. The van der Waals surface area contributed by atoms with E-state index in [-0.39, 0.29) is 5.91 Å². The zero-order valence-electron chi connectivity index (χ0n) is 11.5. The van der Waals surface area contributed by atoms with Crippen molar-refractivity contribution in [2.45, 2.75) is 6.92 Å². The quantitative estimate of drug-likeness (QED) is 0.684. The molecule has 20 heavy (non-hydrogen) atoms.